The normalized spacial score (nSPS) is 19.5. The zero-order valence-corrected chi connectivity index (χ0v) is 10.5. The predicted molar refractivity (Wildman–Crippen MR) is 64.7 cm³/mol. The van der Waals surface area contributed by atoms with E-state index in [-0.39, 0.29) is 0 Å². The third-order valence-electron chi connectivity index (χ3n) is 2.90. The summed E-state index contributed by atoms with van der Waals surface area (Å²) in [5.41, 5.74) is 7.09. The van der Waals surface area contributed by atoms with Crippen LogP contribution in [0.15, 0.2) is 3.92 Å². The van der Waals surface area contributed by atoms with Crippen LogP contribution in [0.2, 0.25) is 0 Å². The van der Waals surface area contributed by atoms with Crippen LogP contribution in [0.5, 0.6) is 0 Å². The monoisotopic (exact) mass is 274 g/mol. The first-order chi connectivity index (χ1) is 6.77. The van der Waals surface area contributed by atoms with Crippen molar-refractivity contribution in [3.05, 3.63) is 9.61 Å². The maximum Gasteiger partial charge on any atom is 0.161 e. The molecule has 14 heavy (non-hydrogen) atoms. The van der Waals surface area contributed by atoms with Crippen molar-refractivity contribution >= 4 is 32.3 Å². The summed E-state index contributed by atoms with van der Waals surface area (Å²) in [6, 6.07) is 0. The Morgan fingerprint density at radius 2 is 1.86 bits per heavy atom. The minimum atomic E-state index is 0.611. The van der Waals surface area contributed by atoms with Crippen LogP contribution in [-0.2, 0) is 0 Å². The summed E-state index contributed by atoms with van der Waals surface area (Å²) in [6.45, 7) is 0. The maximum absolute atomic E-state index is 5.95. The molecule has 0 aliphatic heterocycles. The summed E-state index contributed by atoms with van der Waals surface area (Å²) in [7, 11) is 0. The lowest BCUT2D eigenvalue weighted by atomic mass is 9.97. The van der Waals surface area contributed by atoms with Crippen molar-refractivity contribution in [2.45, 2.75) is 44.4 Å². The Morgan fingerprint density at radius 1 is 1.21 bits per heavy atom. The summed E-state index contributed by atoms with van der Waals surface area (Å²) in [4.78, 5) is 4.49. The van der Waals surface area contributed by atoms with E-state index in [2.05, 4.69) is 20.9 Å². The van der Waals surface area contributed by atoms with Crippen LogP contribution in [0.4, 0.5) is 5.00 Å². The minimum Gasteiger partial charge on any atom is -0.389 e. The van der Waals surface area contributed by atoms with Gasteiger partial charge in [-0.2, -0.15) is 0 Å². The average molecular weight is 275 g/mol. The Hall–Kier alpha value is -0.0900. The summed E-state index contributed by atoms with van der Waals surface area (Å²) < 4.78 is 0.925. The zero-order valence-electron chi connectivity index (χ0n) is 8.13. The lowest BCUT2D eigenvalue weighted by Crippen LogP contribution is -2.00. The van der Waals surface area contributed by atoms with Gasteiger partial charge in [-0.3, -0.25) is 0 Å². The van der Waals surface area contributed by atoms with E-state index in [0.717, 1.165) is 14.6 Å². The van der Waals surface area contributed by atoms with E-state index in [1.54, 1.807) is 11.3 Å². The Balaban J connectivity index is 2.15. The second-order valence-corrected chi connectivity index (χ2v) is 6.21. The van der Waals surface area contributed by atoms with Crippen LogP contribution in [0.1, 0.15) is 50.1 Å². The molecule has 0 radical (unpaired) electrons. The standard InChI is InChI=1S/C10H15BrN2S/c11-10-13-8(9(12)14-10)7-5-3-1-2-4-6-7/h7H,1-6,12H2. The van der Waals surface area contributed by atoms with E-state index in [9.17, 15) is 0 Å². The van der Waals surface area contributed by atoms with Crippen molar-refractivity contribution in [2.24, 2.45) is 0 Å². The molecule has 1 heterocycles. The molecule has 2 nitrogen and oxygen atoms in total. The molecule has 0 amide bonds. The molecule has 1 aliphatic rings. The summed E-state index contributed by atoms with van der Waals surface area (Å²) in [6.07, 6.45) is 7.95. The van der Waals surface area contributed by atoms with Gasteiger partial charge >= 0.3 is 0 Å². The van der Waals surface area contributed by atoms with E-state index in [1.165, 1.54) is 38.5 Å². The highest BCUT2D eigenvalue weighted by Crippen LogP contribution is 2.37. The molecule has 1 aromatic heterocycles. The number of rotatable bonds is 1. The minimum absolute atomic E-state index is 0.611. The van der Waals surface area contributed by atoms with Gasteiger partial charge in [-0.25, -0.2) is 4.98 Å². The summed E-state index contributed by atoms with van der Waals surface area (Å²) in [5.74, 6) is 0.611. The molecule has 2 N–H and O–H groups in total. The van der Waals surface area contributed by atoms with Crippen LogP contribution in [0.3, 0.4) is 0 Å². The summed E-state index contributed by atoms with van der Waals surface area (Å²) in [5, 5.41) is 0.906. The third-order valence-corrected chi connectivity index (χ3v) is 4.25. The van der Waals surface area contributed by atoms with Crippen molar-refractivity contribution in [2.75, 3.05) is 5.73 Å². The molecule has 0 atom stereocenters. The highest BCUT2D eigenvalue weighted by molar-refractivity contribution is 9.11. The number of anilines is 1. The Morgan fingerprint density at radius 3 is 2.36 bits per heavy atom. The Labute approximate surface area is 97.0 Å². The molecule has 0 unspecified atom stereocenters. The largest absolute Gasteiger partial charge is 0.389 e. The fourth-order valence-corrected chi connectivity index (χ4v) is 3.52. The number of nitrogen functional groups attached to an aromatic ring is 1. The SMILES string of the molecule is Nc1sc(Br)nc1C1CCCCCC1. The third kappa shape index (κ3) is 2.28. The molecule has 0 saturated heterocycles. The smallest absolute Gasteiger partial charge is 0.161 e. The molecule has 78 valence electrons. The Bertz CT molecular complexity index is 303. The lowest BCUT2D eigenvalue weighted by molar-refractivity contribution is 0.581. The van der Waals surface area contributed by atoms with Crippen molar-refractivity contribution in [1.82, 2.24) is 4.98 Å². The predicted octanol–water partition coefficient (Wildman–Crippen LogP) is 3.93. The van der Waals surface area contributed by atoms with Gasteiger partial charge in [-0.05, 0) is 28.8 Å². The first-order valence-electron chi connectivity index (χ1n) is 5.19. The number of aromatic nitrogens is 1. The maximum atomic E-state index is 5.95. The molecule has 1 aliphatic carbocycles. The quantitative estimate of drug-likeness (QED) is 0.789. The average Bonchev–Trinajstić information content (AvgIpc) is 2.43. The van der Waals surface area contributed by atoms with Crippen LogP contribution < -0.4 is 5.73 Å². The van der Waals surface area contributed by atoms with Gasteiger partial charge in [0.2, 0.25) is 0 Å². The number of nitrogens with two attached hydrogens (primary N) is 1. The fraction of sp³-hybridized carbons (Fsp3) is 0.700. The first-order valence-corrected chi connectivity index (χ1v) is 6.80. The van der Waals surface area contributed by atoms with E-state index in [4.69, 9.17) is 5.73 Å². The van der Waals surface area contributed by atoms with Crippen molar-refractivity contribution < 1.29 is 0 Å². The van der Waals surface area contributed by atoms with Gasteiger partial charge in [0.1, 0.15) is 5.00 Å². The molecule has 2 rings (SSSR count). The van der Waals surface area contributed by atoms with E-state index in [0.29, 0.717) is 5.92 Å². The molecule has 0 aromatic carbocycles. The van der Waals surface area contributed by atoms with Gasteiger partial charge in [0, 0.05) is 5.92 Å². The number of hydrogen-bond acceptors (Lipinski definition) is 3. The van der Waals surface area contributed by atoms with Crippen LogP contribution >= 0.6 is 27.3 Å². The molecule has 4 heteroatoms. The molecular formula is C10H15BrN2S. The van der Waals surface area contributed by atoms with Crippen molar-refractivity contribution in [1.29, 1.82) is 0 Å². The first kappa shape index (κ1) is 10.4. The fourth-order valence-electron chi connectivity index (χ4n) is 2.16. The van der Waals surface area contributed by atoms with Gasteiger partial charge in [0.05, 0.1) is 5.69 Å². The molecule has 0 bridgehead atoms. The summed E-state index contributed by atoms with van der Waals surface area (Å²) >= 11 is 4.95. The number of nitrogens with zero attached hydrogens (tertiary/aromatic N) is 1. The Kier molecular flexibility index (Phi) is 3.44. The van der Waals surface area contributed by atoms with Gasteiger partial charge in [-0.1, -0.05) is 37.0 Å². The highest BCUT2D eigenvalue weighted by Gasteiger charge is 2.19. The van der Waals surface area contributed by atoms with Gasteiger partial charge in [0.15, 0.2) is 3.92 Å². The second-order valence-electron chi connectivity index (χ2n) is 3.90. The van der Waals surface area contributed by atoms with Crippen molar-refractivity contribution in [3.63, 3.8) is 0 Å². The van der Waals surface area contributed by atoms with E-state index in [1.807, 2.05) is 0 Å². The van der Waals surface area contributed by atoms with E-state index < -0.39 is 0 Å². The molecule has 1 aromatic rings. The number of halogens is 1. The molecule has 0 spiro atoms. The highest BCUT2D eigenvalue weighted by atomic mass is 79.9. The van der Waals surface area contributed by atoms with Crippen LogP contribution in [-0.4, -0.2) is 4.98 Å². The lowest BCUT2D eigenvalue weighted by Gasteiger charge is -2.11. The second kappa shape index (κ2) is 4.62. The zero-order chi connectivity index (χ0) is 9.97. The molecule has 1 fully saturated rings. The van der Waals surface area contributed by atoms with Gasteiger partial charge < -0.3 is 5.73 Å². The molecular weight excluding hydrogens is 260 g/mol. The van der Waals surface area contributed by atoms with Gasteiger partial charge in [-0.15, -0.1) is 0 Å². The van der Waals surface area contributed by atoms with E-state index >= 15 is 0 Å². The number of hydrogen-bond donors (Lipinski definition) is 1. The molecule has 1 saturated carbocycles. The van der Waals surface area contributed by atoms with Crippen LogP contribution in [0, 0.1) is 0 Å². The van der Waals surface area contributed by atoms with Crippen molar-refractivity contribution in [3.8, 4) is 0 Å². The van der Waals surface area contributed by atoms with Gasteiger partial charge in [0.25, 0.3) is 0 Å². The van der Waals surface area contributed by atoms with Crippen LogP contribution in [0.25, 0.3) is 0 Å². The topological polar surface area (TPSA) is 38.9 Å². The number of thiazole rings is 1.